The van der Waals surface area contributed by atoms with Crippen molar-refractivity contribution < 1.29 is 9.21 Å². The number of nitrogens with one attached hydrogen (secondary N) is 1. The van der Waals surface area contributed by atoms with Crippen LogP contribution < -0.4 is 5.32 Å². The van der Waals surface area contributed by atoms with Gasteiger partial charge in [0, 0.05) is 17.1 Å². The predicted octanol–water partition coefficient (Wildman–Crippen LogP) is 5.01. The summed E-state index contributed by atoms with van der Waals surface area (Å²) in [5.74, 6) is 0.495. The van der Waals surface area contributed by atoms with Crippen LogP contribution >= 0.6 is 0 Å². The molecule has 0 unspecified atom stereocenters. The first-order chi connectivity index (χ1) is 11.0. The second kappa shape index (κ2) is 6.13. The summed E-state index contributed by atoms with van der Waals surface area (Å²) in [5.41, 5.74) is 5.05. The smallest absolute Gasteiger partial charge is 0.248 e. The maximum absolute atomic E-state index is 12.1. The van der Waals surface area contributed by atoms with E-state index in [1.807, 2.05) is 57.2 Å². The standard InChI is InChI=1S/C20H19NO2/c1-13-4-7-18(15(3)10-13)21-20(22)9-6-17-12-16-11-14(2)5-8-19(16)23-17/h4-12H,1-3H3,(H,21,22)/b9-6+. The van der Waals surface area contributed by atoms with Crippen molar-refractivity contribution in [2.24, 2.45) is 0 Å². The largest absolute Gasteiger partial charge is 0.457 e. The number of anilines is 1. The van der Waals surface area contributed by atoms with Gasteiger partial charge in [-0.2, -0.15) is 0 Å². The molecule has 1 N–H and O–H groups in total. The molecule has 0 aliphatic carbocycles. The highest BCUT2D eigenvalue weighted by molar-refractivity contribution is 6.02. The maximum Gasteiger partial charge on any atom is 0.248 e. The predicted molar refractivity (Wildman–Crippen MR) is 94.5 cm³/mol. The minimum Gasteiger partial charge on any atom is -0.457 e. The first-order valence-corrected chi connectivity index (χ1v) is 7.58. The van der Waals surface area contributed by atoms with Gasteiger partial charge in [-0.3, -0.25) is 4.79 Å². The van der Waals surface area contributed by atoms with Gasteiger partial charge in [0.2, 0.25) is 5.91 Å². The van der Waals surface area contributed by atoms with Crippen LogP contribution in [0, 0.1) is 20.8 Å². The Morgan fingerprint density at radius 1 is 1.00 bits per heavy atom. The van der Waals surface area contributed by atoms with E-state index in [0.29, 0.717) is 5.76 Å². The lowest BCUT2D eigenvalue weighted by atomic mass is 10.1. The second-order valence-corrected chi connectivity index (χ2v) is 5.83. The molecule has 0 aliphatic heterocycles. The molecule has 0 atom stereocenters. The molecule has 3 heteroatoms. The number of fused-ring (bicyclic) bond motifs is 1. The Balaban J connectivity index is 1.74. The summed E-state index contributed by atoms with van der Waals surface area (Å²) < 4.78 is 5.70. The summed E-state index contributed by atoms with van der Waals surface area (Å²) in [6.07, 6.45) is 3.18. The fourth-order valence-electron chi connectivity index (χ4n) is 2.55. The first-order valence-electron chi connectivity index (χ1n) is 7.58. The highest BCUT2D eigenvalue weighted by atomic mass is 16.3. The zero-order valence-electron chi connectivity index (χ0n) is 13.5. The van der Waals surface area contributed by atoms with Gasteiger partial charge in [-0.15, -0.1) is 0 Å². The zero-order chi connectivity index (χ0) is 16.4. The maximum atomic E-state index is 12.1. The summed E-state index contributed by atoms with van der Waals surface area (Å²) in [7, 11) is 0. The third kappa shape index (κ3) is 3.51. The average molecular weight is 305 g/mol. The average Bonchev–Trinajstić information content (AvgIpc) is 2.90. The van der Waals surface area contributed by atoms with E-state index >= 15 is 0 Å². The van der Waals surface area contributed by atoms with E-state index in [2.05, 4.69) is 11.4 Å². The fourth-order valence-corrected chi connectivity index (χ4v) is 2.55. The zero-order valence-corrected chi connectivity index (χ0v) is 13.5. The van der Waals surface area contributed by atoms with Gasteiger partial charge in [-0.25, -0.2) is 0 Å². The molecule has 0 aliphatic rings. The molecular weight excluding hydrogens is 286 g/mol. The molecule has 1 heterocycles. The van der Waals surface area contributed by atoms with E-state index in [1.54, 1.807) is 6.08 Å². The van der Waals surface area contributed by atoms with Gasteiger partial charge in [0.25, 0.3) is 0 Å². The molecule has 0 fully saturated rings. The van der Waals surface area contributed by atoms with Crippen molar-refractivity contribution in [1.29, 1.82) is 0 Å². The summed E-state index contributed by atoms with van der Waals surface area (Å²) in [4.78, 5) is 12.1. The van der Waals surface area contributed by atoms with Crippen molar-refractivity contribution in [3.8, 4) is 0 Å². The van der Waals surface area contributed by atoms with Crippen molar-refractivity contribution >= 4 is 28.6 Å². The Hall–Kier alpha value is -2.81. The quantitative estimate of drug-likeness (QED) is 0.691. The Morgan fingerprint density at radius 2 is 1.74 bits per heavy atom. The van der Waals surface area contributed by atoms with Crippen LogP contribution in [0.4, 0.5) is 5.69 Å². The van der Waals surface area contributed by atoms with Crippen LogP contribution in [0.5, 0.6) is 0 Å². The number of carbonyl (C=O) groups excluding carboxylic acids is 1. The first kappa shape index (κ1) is 15.1. The van der Waals surface area contributed by atoms with Crippen molar-refractivity contribution in [2.45, 2.75) is 20.8 Å². The molecule has 116 valence electrons. The topological polar surface area (TPSA) is 42.2 Å². The Labute approximate surface area is 135 Å². The summed E-state index contributed by atoms with van der Waals surface area (Å²) in [5, 5.41) is 3.92. The Kier molecular flexibility index (Phi) is 4.02. The van der Waals surface area contributed by atoms with E-state index < -0.39 is 0 Å². The molecule has 1 aromatic heterocycles. The normalized spacial score (nSPS) is 11.3. The molecular formula is C20H19NO2. The number of benzene rings is 2. The molecule has 1 amide bonds. The van der Waals surface area contributed by atoms with E-state index in [1.165, 1.54) is 17.2 Å². The number of rotatable bonds is 3. The van der Waals surface area contributed by atoms with Gasteiger partial charge in [0.05, 0.1) is 0 Å². The van der Waals surface area contributed by atoms with Crippen molar-refractivity contribution in [3.05, 3.63) is 71.0 Å². The third-order valence-corrected chi connectivity index (χ3v) is 3.73. The summed E-state index contributed by atoms with van der Waals surface area (Å²) >= 11 is 0. The van der Waals surface area contributed by atoms with Crippen LogP contribution in [0.2, 0.25) is 0 Å². The van der Waals surface area contributed by atoms with Crippen LogP contribution in [-0.4, -0.2) is 5.91 Å². The third-order valence-electron chi connectivity index (χ3n) is 3.73. The molecule has 2 aromatic carbocycles. The minimum absolute atomic E-state index is 0.173. The minimum atomic E-state index is -0.173. The lowest BCUT2D eigenvalue weighted by Gasteiger charge is -2.06. The number of amides is 1. The molecule has 0 spiro atoms. The van der Waals surface area contributed by atoms with Gasteiger partial charge >= 0.3 is 0 Å². The summed E-state index contributed by atoms with van der Waals surface area (Å²) in [6.45, 7) is 6.05. The SMILES string of the molecule is Cc1ccc(NC(=O)/C=C/c2cc3cc(C)ccc3o2)c(C)c1. The van der Waals surface area contributed by atoms with Gasteiger partial charge in [-0.05, 0) is 56.7 Å². The van der Waals surface area contributed by atoms with Gasteiger partial charge in [0.15, 0.2) is 0 Å². The molecule has 0 saturated carbocycles. The van der Waals surface area contributed by atoms with Crippen molar-refractivity contribution in [2.75, 3.05) is 5.32 Å². The number of aryl methyl sites for hydroxylation is 3. The number of hydrogen-bond donors (Lipinski definition) is 1. The molecule has 3 rings (SSSR count). The lowest BCUT2D eigenvalue weighted by molar-refractivity contribution is -0.111. The number of carbonyl (C=O) groups is 1. The number of furan rings is 1. The van der Waals surface area contributed by atoms with Crippen LogP contribution in [0.1, 0.15) is 22.5 Å². The molecule has 3 aromatic rings. The molecule has 0 radical (unpaired) electrons. The van der Waals surface area contributed by atoms with E-state index in [4.69, 9.17) is 4.42 Å². The fraction of sp³-hybridized carbons (Fsp3) is 0.150. The molecule has 23 heavy (non-hydrogen) atoms. The second-order valence-electron chi connectivity index (χ2n) is 5.83. The van der Waals surface area contributed by atoms with Gasteiger partial charge < -0.3 is 9.73 Å². The van der Waals surface area contributed by atoms with Crippen LogP contribution in [0.3, 0.4) is 0 Å². The Bertz CT molecular complexity index is 903. The van der Waals surface area contributed by atoms with Gasteiger partial charge in [-0.1, -0.05) is 29.3 Å². The van der Waals surface area contributed by atoms with E-state index in [0.717, 1.165) is 22.2 Å². The number of hydrogen-bond acceptors (Lipinski definition) is 2. The van der Waals surface area contributed by atoms with Crippen LogP contribution in [0.25, 0.3) is 17.0 Å². The highest BCUT2D eigenvalue weighted by Gasteiger charge is 2.04. The molecule has 0 saturated heterocycles. The van der Waals surface area contributed by atoms with E-state index in [9.17, 15) is 4.79 Å². The van der Waals surface area contributed by atoms with Crippen LogP contribution in [0.15, 0.2) is 53.0 Å². The van der Waals surface area contributed by atoms with Crippen molar-refractivity contribution in [3.63, 3.8) is 0 Å². The van der Waals surface area contributed by atoms with E-state index in [-0.39, 0.29) is 5.91 Å². The van der Waals surface area contributed by atoms with Crippen molar-refractivity contribution in [1.82, 2.24) is 0 Å². The van der Waals surface area contributed by atoms with Crippen LogP contribution in [-0.2, 0) is 4.79 Å². The highest BCUT2D eigenvalue weighted by Crippen LogP contribution is 2.21. The summed E-state index contributed by atoms with van der Waals surface area (Å²) in [6, 6.07) is 13.9. The monoisotopic (exact) mass is 305 g/mol. The van der Waals surface area contributed by atoms with Gasteiger partial charge in [0.1, 0.15) is 11.3 Å². The molecule has 0 bridgehead atoms. The Morgan fingerprint density at radius 3 is 2.52 bits per heavy atom. The molecule has 3 nitrogen and oxygen atoms in total. The lowest BCUT2D eigenvalue weighted by Crippen LogP contribution is -2.08.